The second kappa shape index (κ2) is 12.2. The van der Waals surface area contributed by atoms with E-state index in [0.29, 0.717) is 11.1 Å². The van der Waals surface area contributed by atoms with E-state index >= 15 is 0 Å². The summed E-state index contributed by atoms with van der Waals surface area (Å²) in [5, 5.41) is 18.1. The van der Waals surface area contributed by atoms with Crippen molar-refractivity contribution in [3.63, 3.8) is 0 Å². The van der Waals surface area contributed by atoms with Crippen molar-refractivity contribution in [2.24, 2.45) is 0 Å². The van der Waals surface area contributed by atoms with Crippen LogP contribution >= 0.6 is 0 Å². The highest BCUT2D eigenvalue weighted by atomic mass is 16.4. The van der Waals surface area contributed by atoms with E-state index in [1.807, 2.05) is 48.9 Å². The number of hydrogen-bond donors (Lipinski definition) is 2. The van der Waals surface area contributed by atoms with Gasteiger partial charge in [-0.3, -0.25) is 4.98 Å². The molecule has 0 saturated carbocycles. The Labute approximate surface area is 233 Å². The first kappa shape index (κ1) is 26.6. The molecule has 1 aliphatic heterocycles. The molecule has 0 unspecified atom stereocenters. The standard InChI is InChI=1S/C33H29N3O4/c37-32(38)28-5-1-24(2-6-28)11-17-35-19-13-26(14-20-35)30-9-10-31(34-23-30)27-15-21-36(22-16-27)18-12-25-3-7-29(8-4-25)33(39)40/h1-10,13-16,19,21-23H,11-12,17-18,20H2,(H-,37,38,39,40)/p+1. The first-order valence-electron chi connectivity index (χ1n) is 13.2. The molecule has 0 amide bonds. The number of aromatic nitrogens is 2. The molecule has 0 bridgehead atoms. The maximum atomic E-state index is 11.0. The third kappa shape index (κ3) is 6.69. The Morgan fingerprint density at radius 2 is 1.40 bits per heavy atom. The van der Waals surface area contributed by atoms with E-state index in [1.165, 1.54) is 0 Å². The average Bonchev–Trinajstić information content (AvgIpc) is 3.00. The molecule has 5 rings (SSSR count). The molecule has 7 heteroatoms. The van der Waals surface area contributed by atoms with Crippen molar-refractivity contribution in [3.8, 4) is 11.3 Å². The first-order valence-corrected chi connectivity index (χ1v) is 13.2. The Hall–Kier alpha value is -5.04. The van der Waals surface area contributed by atoms with Gasteiger partial charge in [-0.25, -0.2) is 14.2 Å². The molecule has 4 aromatic rings. The summed E-state index contributed by atoms with van der Waals surface area (Å²) in [7, 11) is 0. The third-order valence-corrected chi connectivity index (χ3v) is 7.04. The van der Waals surface area contributed by atoms with Crippen molar-refractivity contribution in [1.29, 1.82) is 0 Å². The highest BCUT2D eigenvalue weighted by molar-refractivity contribution is 5.88. The summed E-state index contributed by atoms with van der Waals surface area (Å²) in [4.78, 5) is 29.0. The Kier molecular flexibility index (Phi) is 8.11. The normalized spacial score (nSPS) is 12.7. The lowest BCUT2D eigenvalue weighted by Crippen LogP contribution is -2.33. The van der Waals surface area contributed by atoms with Crippen LogP contribution in [0.2, 0.25) is 0 Å². The molecule has 0 saturated heterocycles. The number of aromatic carboxylic acids is 2. The van der Waals surface area contributed by atoms with Gasteiger partial charge in [-0.1, -0.05) is 36.4 Å². The summed E-state index contributed by atoms with van der Waals surface area (Å²) in [6, 6.07) is 22.3. The summed E-state index contributed by atoms with van der Waals surface area (Å²) in [5.41, 5.74) is 7.00. The Bertz CT molecular complexity index is 1540. The number of benzene rings is 2. The maximum absolute atomic E-state index is 11.0. The van der Waals surface area contributed by atoms with Crippen LogP contribution in [0.5, 0.6) is 0 Å². The molecule has 2 aromatic heterocycles. The SMILES string of the molecule is O=C(O)c1ccc(CCN2C=CC(c3ccc(-c4cc[n+](CCc5ccc(C(=O)O)cc5)cc4)nc3)=CC2)cc1. The van der Waals surface area contributed by atoms with Gasteiger partial charge in [0.1, 0.15) is 0 Å². The minimum absolute atomic E-state index is 0.302. The van der Waals surface area contributed by atoms with Gasteiger partial charge in [-0.2, -0.15) is 0 Å². The molecule has 0 radical (unpaired) electrons. The van der Waals surface area contributed by atoms with E-state index in [0.717, 1.165) is 66.0 Å². The molecular weight excluding hydrogens is 502 g/mol. The largest absolute Gasteiger partial charge is 0.478 e. The van der Waals surface area contributed by atoms with Gasteiger partial charge in [0.2, 0.25) is 0 Å². The van der Waals surface area contributed by atoms with Gasteiger partial charge >= 0.3 is 11.9 Å². The minimum Gasteiger partial charge on any atom is -0.478 e. The predicted octanol–water partition coefficient (Wildman–Crippen LogP) is 5.13. The molecule has 3 heterocycles. The van der Waals surface area contributed by atoms with Crippen LogP contribution in [0.15, 0.2) is 110 Å². The van der Waals surface area contributed by atoms with E-state index in [2.05, 4.69) is 46.0 Å². The first-order chi connectivity index (χ1) is 19.4. The number of rotatable bonds is 10. The average molecular weight is 533 g/mol. The molecule has 7 nitrogen and oxygen atoms in total. The molecule has 0 aliphatic carbocycles. The Morgan fingerprint density at radius 3 is 1.93 bits per heavy atom. The van der Waals surface area contributed by atoms with Crippen molar-refractivity contribution in [3.05, 3.63) is 138 Å². The molecule has 40 heavy (non-hydrogen) atoms. The summed E-state index contributed by atoms with van der Waals surface area (Å²) in [6.07, 6.45) is 14.1. The van der Waals surface area contributed by atoms with Crippen LogP contribution in [0, 0.1) is 0 Å². The summed E-state index contributed by atoms with van der Waals surface area (Å²) in [5.74, 6) is -1.81. The van der Waals surface area contributed by atoms with Crippen LogP contribution in [0.1, 0.15) is 37.4 Å². The summed E-state index contributed by atoms with van der Waals surface area (Å²) in [6.45, 7) is 2.46. The second-order valence-corrected chi connectivity index (χ2v) is 9.73. The topological polar surface area (TPSA) is 94.6 Å². The van der Waals surface area contributed by atoms with E-state index in [4.69, 9.17) is 15.2 Å². The number of allylic oxidation sites excluding steroid dienone is 2. The Morgan fingerprint density at radius 1 is 0.775 bits per heavy atom. The zero-order valence-corrected chi connectivity index (χ0v) is 22.0. The summed E-state index contributed by atoms with van der Waals surface area (Å²) >= 11 is 0. The number of carboxylic acids is 2. The fraction of sp³-hybridized carbons (Fsp3) is 0.152. The van der Waals surface area contributed by atoms with Gasteiger partial charge in [0.25, 0.3) is 0 Å². The van der Waals surface area contributed by atoms with E-state index in [-0.39, 0.29) is 0 Å². The van der Waals surface area contributed by atoms with Gasteiger partial charge in [0.05, 0.1) is 16.8 Å². The van der Waals surface area contributed by atoms with Gasteiger partial charge in [0, 0.05) is 43.4 Å². The Balaban J connectivity index is 1.12. The molecule has 0 atom stereocenters. The molecular formula is C33H30N3O4+. The summed E-state index contributed by atoms with van der Waals surface area (Å²) < 4.78 is 2.11. The molecule has 2 N–H and O–H groups in total. The van der Waals surface area contributed by atoms with Gasteiger partial charge in [0.15, 0.2) is 18.9 Å². The zero-order valence-electron chi connectivity index (χ0n) is 22.0. The lowest BCUT2D eigenvalue weighted by atomic mass is 10.0. The third-order valence-electron chi connectivity index (χ3n) is 7.04. The van der Waals surface area contributed by atoms with Crippen LogP contribution < -0.4 is 4.57 Å². The highest BCUT2D eigenvalue weighted by Gasteiger charge is 2.10. The number of hydrogen-bond acceptors (Lipinski definition) is 4. The van der Waals surface area contributed by atoms with Gasteiger partial charge < -0.3 is 15.1 Å². The van der Waals surface area contributed by atoms with Crippen molar-refractivity contribution >= 4 is 17.5 Å². The van der Waals surface area contributed by atoms with Gasteiger partial charge in [-0.15, -0.1) is 0 Å². The lowest BCUT2D eigenvalue weighted by molar-refractivity contribution is -0.696. The zero-order chi connectivity index (χ0) is 27.9. The number of carbonyl (C=O) groups is 2. The predicted molar refractivity (Wildman–Crippen MR) is 153 cm³/mol. The number of aryl methyl sites for hydroxylation is 2. The van der Waals surface area contributed by atoms with Crippen LogP contribution in [0.25, 0.3) is 16.8 Å². The number of pyridine rings is 2. The van der Waals surface area contributed by atoms with E-state index < -0.39 is 11.9 Å². The van der Waals surface area contributed by atoms with Crippen LogP contribution in [0.4, 0.5) is 0 Å². The smallest absolute Gasteiger partial charge is 0.335 e. The fourth-order valence-electron chi connectivity index (χ4n) is 4.58. The minimum atomic E-state index is -0.910. The number of carboxylic acid groups (broad SMARTS) is 2. The maximum Gasteiger partial charge on any atom is 0.335 e. The second-order valence-electron chi connectivity index (χ2n) is 9.73. The van der Waals surface area contributed by atoms with Crippen molar-refractivity contribution in [2.75, 3.05) is 13.1 Å². The van der Waals surface area contributed by atoms with Crippen LogP contribution in [-0.2, 0) is 19.4 Å². The molecule has 0 fully saturated rings. The van der Waals surface area contributed by atoms with Crippen LogP contribution in [0.3, 0.4) is 0 Å². The van der Waals surface area contributed by atoms with Gasteiger partial charge in [-0.05, 0) is 71.3 Å². The number of nitrogens with zero attached hydrogens (tertiary/aromatic N) is 3. The van der Waals surface area contributed by atoms with E-state index in [1.54, 1.807) is 24.3 Å². The molecule has 0 spiro atoms. The molecule has 200 valence electrons. The molecule has 1 aliphatic rings. The van der Waals surface area contributed by atoms with Crippen molar-refractivity contribution in [2.45, 2.75) is 19.4 Å². The highest BCUT2D eigenvalue weighted by Crippen LogP contribution is 2.22. The fourth-order valence-corrected chi connectivity index (χ4v) is 4.58. The lowest BCUT2D eigenvalue weighted by Gasteiger charge is -2.23. The van der Waals surface area contributed by atoms with E-state index in [9.17, 15) is 9.59 Å². The molecule has 2 aromatic carbocycles. The monoisotopic (exact) mass is 532 g/mol. The van der Waals surface area contributed by atoms with Crippen molar-refractivity contribution in [1.82, 2.24) is 9.88 Å². The van der Waals surface area contributed by atoms with Crippen LogP contribution in [-0.4, -0.2) is 45.1 Å². The quantitative estimate of drug-likeness (QED) is 0.275. The van der Waals surface area contributed by atoms with Crippen molar-refractivity contribution < 1.29 is 24.4 Å².